The molecule has 1 unspecified atom stereocenters. The van der Waals surface area contributed by atoms with E-state index in [2.05, 4.69) is 4.99 Å². The first-order valence-corrected chi connectivity index (χ1v) is 5.23. The van der Waals surface area contributed by atoms with E-state index >= 15 is 0 Å². The Morgan fingerprint density at radius 2 is 2.06 bits per heavy atom. The van der Waals surface area contributed by atoms with E-state index in [1.54, 1.807) is 13.0 Å². The van der Waals surface area contributed by atoms with Crippen LogP contribution >= 0.6 is 0 Å². The number of aliphatic carboxylic acids is 1. The molecule has 0 aliphatic rings. The number of rotatable bonds is 6. The van der Waals surface area contributed by atoms with Gasteiger partial charge in [0, 0.05) is 6.54 Å². The van der Waals surface area contributed by atoms with Gasteiger partial charge in [-0.1, -0.05) is 11.6 Å². The zero-order chi connectivity index (χ0) is 12.8. The molecular weight excluding hydrogens is 206 g/mol. The van der Waals surface area contributed by atoms with E-state index in [-0.39, 0.29) is 0 Å². The number of hydrogen-bond donors (Lipinski definition) is 3. The van der Waals surface area contributed by atoms with Crippen molar-refractivity contribution in [2.75, 3.05) is 6.54 Å². The summed E-state index contributed by atoms with van der Waals surface area (Å²) in [6.07, 6.45) is 3.19. The molecule has 5 nitrogen and oxygen atoms in total. The maximum Gasteiger partial charge on any atom is 0.327 e. The first-order chi connectivity index (χ1) is 7.25. The average Bonchev–Trinajstić information content (AvgIpc) is 2.11. The number of carboxylic acid groups (broad SMARTS) is 1. The van der Waals surface area contributed by atoms with Crippen molar-refractivity contribution in [3.8, 4) is 0 Å². The molecule has 92 valence electrons. The van der Waals surface area contributed by atoms with Gasteiger partial charge in [-0.05, 0) is 33.6 Å². The van der Waals surface area contributed by atoms with Crippen LogP contribution in [0.1, 0.15) is 33.6 Å². The standard InChI is InChI=1S/C11H21N3O2/c1-8(5-4-6-14-9(2)12)7-11(3,13)10(15)16/h7H,4-6,13H2,1-3H3,(H2,12,14)(H,15,16)/b8-7-. The van der Waals surface area contributed by atoms with Crippen LogP contribution in [0.3, 0.4) is 0 Å². The number of amidine groups is 1. The topological polar surface area (TPSA) is 102 Å². The molecule has 0 saturated carbocycles. The van der Waals surface area contributed by atoms with Crippen molar-refractivity contribution in [3.05, 3.63) is 11.6 Å². The van der Waals surface area contributed by atoms with Crippen molar-refractivity contribution in [2.24, 2.45) is 16.5 Å². The van der Waals surface area contributed by atoms with Gasteiger partial charge < -0.3 is 16.6 Å². The summed E-state index contributed by atoms with van der Waals surface area (Å²) in [5.74, 6) is -0.460. The van der Waals surface area contributed by atoms with E-state index in [0.29, 0.717) is 12.4 Å². The quantitative estimate of drug-likeness (QED) is 0.271. The van der Waals surface area contributed by atoms with Crippen molar-refractivity contribution in [1.82, 2.24) is 0 Å². The molecule has 0 aliphatic carbocycles. The summed E-state index contributed by atoms with van der Waals surface area (Å²) in [5, 5.41) is 8.83. The first kappa shape index (κ1) is 14.6. The summed E-state index contributed by atoms with van der Waals surface area (Å²) < 4.78 is 0. The Kier molecular flexibility index (Phi) is 5.74. The second-order valence-corrected chi connectivity index (χ2v) is 4.21. The molecule has 16 heavy (non-hydrogen) atoms. The number of allylic oxidation sites excluding steroid dienone is 1. The molecule has 0 rings (SSSR count). The van der Waals surface area contributed by atoms with Crippen LogP contribution < -0.4 is 11.5 Å². The van der Waals surface area contributed by atoms with Crippen molar-refractivity contribution >= 4 is 11.8 Å². The van der Waals surface area contributed by atoms with E-state index in [0.717, 1.165) is 18.4 Å². The smallest absolute Gasteiger partial charge is 0.327 e. The van der Waals surface area contributed by atoms with Crippen LogP contribution in [0.5, 0.6) is 0 Å². The molecule has 0 aromatic heterocycles. The Bertz CT molecular complexity index is 302. The maximum absolute atomic E-state index is 10.8. The molecule has 5 N–H and O–H groups in total. The Morgan fingerprint density at radius 1 is 1.50 bits per heavy atom. The van der Waals surface area contributed by atoms with Gasteiger partial charge >= 0.3 is 5.97 Å². The van der Waals surface area contributed by atoms with Crippen LogP contribution in [0.4, 0.5) is 0 Å². The molecule has 0 amide bonds. The molecule has 0 heterocycles. The van der Waals surface area contributed by atoms with Gasteiger partial charge in [0.25, 0.3) is 0 Å². The van der Waals surface area contributed by atoms with Gasteiger partial charge in [0.1, 0.15) is 5.54 Å². The fourth-order valence-electron chi connectivity index (χ4n) is 1.26. The molecule has 0 spiro atoms. The number of aliphatic imine (C=N–C) groups is 1. The summed E-state index contributed by atoms with van der Waals surface area (Å²) in [6.45, 7) is 5.74. The molecular formula is C11H21N3O2. The lowest BCUT2D eigenvalue weighted by Gasteiger charge is -2.15. The third-order valence-electron chi connectivity index (χ3n) is 2.10. The summed E-state index contributed by atoms with van der Waals surface area (Å²) >= 11 is 0. The van der Waals surface area contributed by atoms with Gasteiger partial charge in [-0.25, -0.2) is 4.79 Å². The molecule has 0 bridgehead atoms. The average molecular weight is 227 g/mol. The number of carbonyl (C=O) groups is 1. The Labute approximate surface area is 96.2 Å². The summed E-state index contributed by atoms with van der Waals surface area (Å²) in [7, 11) is 0. The molecule has 0 fully saturated rings. The summed E-state index contributed by atoms with van der Waals surface area (Å²) in [6, 6.07) is 0. The molecule has 0 aromatic carbocycles. The zero-order valence-corrected chi connectivity index (χ0v) is 10.2. The second-order valence-electron chi connectivity index (χ2n) is 4.21. The SMILES string of the molecule is CC(N)=NCCC/C(C)=C\C(C)(N)C(=O)O. The lowest BCUT2D eigenvalue weighted by molar-refractivity contribution is -0.140. The highest BCUT2D eigenvalue weighted by atomic mass is 16.4. The summed E-state index contributed by atoms with van der Waals surface area (Å²) in [4.78, 5) is 14.8. The molecule has 0 saturated heterocycles. The van der Waals surface area contributed by atoms with E-state index in [9.17, 15) is 4.79 Å². The van der Waals surface area contributed by atoms with Gasteiger partial charge in [-0.3, -0.25) is 4.99 Å². The zero-order valence-electron chi connectivity index (χ0n) is 10.2. The van der Waals surface area contributed by atoms with Gasteiger partial charge in [0.2, 0.25) is 0 Å². The second kappa shape index (κ2) is 6.27. The van der Waals surface area contributed by atoms with Crippen molar-refractivity contribution in [1.29, 1.82) is 0 Å². The molecule has 0 aliphatic heterocycles. The van der Waals surface area contributed by atoms with E-state index in [1.807, 2.05) is 6.92 Å². The third-order valence-corrected chi connectivity index (χ3v) is 2.10. The van der Waals surface area contributed by atoms with Crippen molar-refractivity contribution < 1.29 is 9.90 Å². The van der Waals surface area contributed by atoms with Crippen LogP contribution in [-0.2, 0) is 4.79 Å². The molecule has 1 atom stereocenters. The Morgan fingerprint density at radius 3 is 2.50 bits per heavy atom. The van der Waals surface area contributed by atoms with Gasteiger partial charge in [-0.2, -0.15) is 0 Å². The van der Waals surface area contributed by atoms with Crippen LogP contribution in [0, 0.1) is 0 Å². The number of nitrogens with zero attached hydrogens (tertiary/aromatic N) is 1. The van der Waals surface area contributed by atoms with E-state index in [1.165, 1.54) is 6.92 Å². The normalized spacial score (nSPS) is 17.0. The Balaban J connectivity index is 4.16. The van der Waals surface area contributed by atoms with E-state index in [4.69, 9.17) is 16.6 Å². The molecule has 0 aromatic rings. The largest absolute Gasteiger partial charge is 0.480 e. The molecule has 0 radical (unpaired) electrons. The predicted octanol–water partition coefficient (Wildman–Crippen LogP) is 0.892. The number of carboxylic acids is 1. The van der Waals surface area contributed by atoms with Crippen LogP contribution in [0.15, 0.2) is 16.6 Å². The molecule has 5 heteroatoms. The highest BCUT2D eigenvalue weighted by Crippen LogP contribution is 2.11. The van der Waals surface area contributed by atoms with Gasteiger partial charge in [0.05, 0.1) is 5.84 Å². The Hall–Kier alpha value is -1.36. The fraction of sp³-hybridized carbons (Fsp3) is 0.636. The maximum atomic E-state index is 10.8. The van der Waals surface area contributed by atoms with E-state index < -0.39 is 11.5 Å². The number of nitrogens with two attached hydrogens (primary N) is 2. The van der Waals surface area contributed by atoms with Gasteiger partial charge in [0.15, 0.2) is 0 Å². The minimum atomic E-state index is -1.29. The number of hydrogen-bond acceptors (Lipinski definition) is 3. The van der Waals surface area contributed by atoms with Crippen LogP contribution in [0.25, 0.3) is 0 Å². The van der Waals surface area contributed by atoms with Crippen molar-refractivity contribution in [3.63, 3.8) is 0 Å². The first-order valence-electron chi connectivity index (χ1n) is 5.23. The lowest BCUT2D eigenvalue weighted by atomic mass is 9.99. The lowest BCUT2D eigenvalue weighted by Crippen LogP contribution is -2.43. The van der Waals surface area contributed by atoms with Gasteiger partial charge in [-0.15, -0.1) is 0 Å². The fourth-order valence-corrected chi connectivity index (χ4v) is 1.26. The highest BCUT2D eigenvalue weighted by Gasteiger charge is 2.24. The van der Waals surface area contributed by atoms with Crippen LogP contribution in [-0.4, -0.2) is 29.0 Å². The minimum Gasteiger partial charge on any atom is -0.480 e. The van der Waals surface area contributed by atoms with Crippen molar-refractivity contribution in [2.45, 2.75) is 39.2 Å². The minimum absolute atomic E-state index is 0.566. The third kappa shape index (κ3) is 6.19. The monoisotopic (exact) mass is 227 g/mol. The highest BCUT2D eigenvalue weighted by molar-refractivity contribution is 5.80. The predicted molar refractivity (Wildman–Crippen MR) is 65.4 cm³/mol. The van der Waals surface area contributed by atoms with Crippen LogP contribution in [0.2, 0.25) is 0 Å². The summed E-state index contributed by atoms with van der Waals surface area (Å²) in [5.41, 5.74) is 10.6.